The number of nitrogens with zero attached hydrogens (tertiary/aromatic N) is 1. The molecule has 23 heavy (non-hydrogen) atoms. The maximum absolute atomic E-state index is 12.0. The molecule has 0 aliphatic heterocycles. The van der Waals surface area contributed by atoms with E-state index in [4.69, 9.17) is 4.98 Å². The van der Waals surface area contributed by atoms with Gasteiger partial charge in [0.05, 0.1) is 16.7 Å². The van der Waals surface area contributed by atoms with Crippen molar-refractivity contribution in [3.63, 3.8) is 0 Å². The fourth-order valence-electron chi connectivity index (χ4n) is 6.37. The Kier molecular flexibility index (Phi) is 2.09. The monoisotopic (exact) mass is 308 g/mol. The lowest BCUT2D eigenvalue weighted by Crippen LogP contribution is -2.49. The van der Waals surface area contributed by atoms with Gasteiger partial charge in [0.25, 0.3) is 0 Å². The van der Waals surface area contributed by atoms with Crippen LogP contribution in [0.4, 0.5) is 0 Å². The van der Waals surface area contributed by atoms with Crippen LogP contribution in [-0.4, -0.2) is 19.9 Å². The summed E-state index contributed by atoms with van der Waals surface area (Å²) in [6.45, 7) is 0. The van der Waals surface area contributed by atoms with Crippen LogP contribution < -0.4 is 5.69 Å². The molecular weight excluding hydrogens is 288 g/mol. The van der Waals surface area contributed by atoms with Crippen molar-refractivity contribution in [1.82, 2.24) is 19.9 Å². The van der Waals surface area contributed by atoms with Crippen LogP contribution in [0.3, 0.4) is 0 Å². The zero-order valence-corrected chi connectivity index (χ0v) is 13.0. The molecule has 0 atom stereocenters. The number of pyridine rings is 1. The first-order valence-electron chi connectivity index (χ1n) is 8.80. The van der Waals surface area contributed by atoms with Crippen LogP contribution in [0.2, 0.25) is 0 Å². The molecule has 4 bridgehead atoms. The molecule has 0 spiro atoms. The summed E-state index contributed by atoms with van der Waals surface area (Å²) < 4.78 is 0. The van der Waals surface area contributed by atoms with E-state index in [0.29, 0.717) is 0 Å². The third-order valence-electron chi connectivity index (χ3n) is 6.72. The topological polar surface area (TPSA) is 77.3 Å². The third kappa shape index (κ3) is 1.53. The summed E-state index contributed by atoms with van der Waals surface area (Å²) in [7, 11) is 0. The molecule has 4 aliphatic carbocycles. The Balaban J connectivity index is 1.67. The second-order valence-electron chi connectivity index (χ2n) is 8.23. The van der Waals surface area contributed by atoms with Crippen LogP contribution in [-0.2, 0) is 5.41 Å². The molecule has 3 heterocycles. The molecule has 0 aromatic carbocycles. The Hall–Kier alpha value is -2.04. The molecule has 3 aromatic heterocycles. The Morgan fingerprint density at radius 1 is 1.00 bits per heavy atom. The van der Waals surface area contributed by atoms with Gasteiger partial charge in [-0.15, -0.1) is 0 Å². The van der Waals surface area contributed by atoms with Crippen molar-refractivity contribution in [2.45, 2.75) is 43.9 Å². The molecule has 3 aromatic rings. The predicted octanol–water partition coefficient (Wildman–Crippen LogP) is 3.20. The summed E-state index contributed by atoms with van der Waals surface area (Å²) in [5.41, 5.74) is 3.97. The number of fused-ring (bicyclic) bond motifs is 3. The van der Waals surface area contributed by atoms with Crippen molar-refractivity contribution in [2.24, 2.45) is 17.8 Å². The van der Waals surface area contributed by atoms with E-state index in [2.05, 4.69) is 15.0 Å². The van der Waals surface area contributed by atoms with Crippen molar-refractivity contribution >= 4 is 22.1 Å². The molecule has 5 heteroatoms. The van der Waals surface area contributed by atoms with Crippen molar-refractivity contribution in [1.29, 1.82) is 0 Å². The van der Waals surface area contributed by atoms with E-state index in [1.165, 1.54) is 38.5 Å². The fourth-order valence-corrected chi connectivity index (χ4v) is 6.37. The summed E-state index contributed by atoms with van der Waals surface area (Å²) in [5, 5.41) is 1.01. The second kappa shape index (κ2) is 3.89. The second-order valence-corrected chi connectivity index (χ2v) is 8.23. The van der Waals surface area contributed by atoms with Gasteiger partial charge in [0.15, 0.2) is 0 Å². The zero-order valence-electron chi connectivity index (χ0n) is 13.0. The summed E-state index contributed by atoms with van der Waals surface area (Å²) in [6, 6.07) is 2.00. The highest BCUT2D eigenvalue weighted by Gasteiger charge is 2.53. The number of imidazole rings is 1. The van der Waals surface area contributed by atoms with Crippen molar-refractivity contribution in [3.8, 4) is 0 Å². The Morgan fingerprint density at radius 2 is 1.65 bits per heavy atom. The lowest BCUT2D eigenvalue weighted by atomic mass is 9.48. The van der Waals surface area contributed by atoms with Gasteiger partial charge in [-0.2, -0.15) is 0 Å². The van der Waals surface area contributed by atoms with Crippen LogP contribution >= 0.6 is 0 Å². The molecule has 118 valence electrons. The maximum Gasteiger partial charge on any atom is 0.323 e. The van der Waals surface area contributed by atoms with Gasteiger partial charge in [-0.25, -0.2) is 9.78 Å². The van der Waals surface area contributed by atoms with E-state index < -0.39 is 0 Å². The van der Waals surface area contributed by atoms with Gasteiger partial charge in [-0.3, -0.25) is 0 Å². The van der Waals surface area contributed by atoms with Gasteiger partial charge in [-0.1, -0.05) is 0 Å². The van der Waals surface area contributed by atoms with Gasteiger partial charge >= 0.3 is 5.69 Å². The van der Waals surface area contributed by atoms with E-state index in [1.807, 2.05) is 12.3 Å². The van der Waals surface area contributed by atoms with E-state index in [0.717, 1.165) is 45.5 Å². The normalized spacial score (nSPS) is 35.6. The molecule has 4 fully saturated rings. The number of nitrogens with one attached hydrogen (secondary N) is 3. The van der Waals surface area contributed by atoms with Crippen molar-refractivity contribution in [3.05, 3.63) is 28.4 Å². The van der Waals surface area contributed by atoms with E-state index >= 15 is 0 Å². The predicted molar refractivity (Wildman–Crippen MR) is 88.4 cm³/mol. The average molecular weight is 308 g/mol. The van der Waals surface area contributed by atoms with Gasteiger partial charge in [0, 0.05) is 17.0 Å². The number of aromatic nitrogens is 4. The maximum atomic E-state index is 12.0. The molecule has 0 radical (unpaired) electrons. The van der Waals surface area contributed by atoms with E-state index in [1.54, 1.807) is 0 Å². The van der Waals surface area contributed by atoms with Gasteiger partial charge in [0.2, 0.25) is 0 Å². The molecule has 4 aliphatic rings. The van der Waals surface area contributed by atoms with Crippen LogP contribution in [0.1, 0.15) is 44.2 Å². The molecular formula is C18H20N4O. The number of rotatable bonds is 1. The quantitative estimate of drug-likeness (QED) is 0.645. The summed E-state index contributed by atoms with van der Waals surface area (Å²) in [6.07, 6.45) is 9.90. The first kappa shape index (κ1) is 12.4. The average Bonchev–Trinajstić information content (AvgIpc) is 3.09. The minimum Gasteiger partial charge on any atom is -0.346 e. The Bertz CT molecular complexity index is 956. The summed E-state index contributed by atoms with van der Waals surface area (Å²) >= 11 is 0. The summed E-state index contributed by atoms with van der Waals surface area (Å²) in [5.74, 6) is 2.59. The van der Waals surface area contributed by atoms with Crippen LogP contribution in [0.5, 0.6) is 0 Å². The minimum absolute atomic E-state index is 0.124. The smallest absolute Gasteiger partial charge is 0.323 e. The number of H-pyrrole nitrogens is 3. The zero-order chi connectivity index (χ0) is 15.2. The van der Waals surface area contributed by atoms with Gasteiger partial charge in [-0.05, 0) is 62.3 Å². The third-order valence-corrected chi connectivity index (χ3v) is 6.72. The number of aromatic amines is 3. The SMILES string of the molecule is O=c1[nH]c2c(C34CC5CC(CC(C5)C3)C4)nc3[nH]ccc3c2[nH]1. The highest BCUT2D eigenvalue weighted by atomic mass is 16.1. The molecule has 3 N–H and O–H groups in total. The first-order valence-corrected chi connectivity index (χ1v) is 8.80. The molecule has 0 unspecified atom stereocenters. The largest absolute Gasteiger partial charge is 0.346 e. The standard InChI is InChI=1S/C18H20N4O/c23-17-20-13-12-1-2-19-16(12)22-15(14(13)21-17)18-6-9-3-10(7-18)5-11(4-9)8-18/h1-2,9-11H,3-8H2,(H,19,22)(H2,20,21,23). The lowest BCUT2D eigenvalue weighted by molar-refractivity contribution is -0.00640. The fraction of sp³-hybridized carbons (Fsp3) is 0.556. The van der Waals surface area contributed by atoms with Gasteiger partial charge in [0.1, 0.15) is 5.65 Å². The van der Waals surface area contributed by atoms with Crippen molar-refractivity contribution < 1.29 is 0 Å². The molecule has 0 saturated heterocycles. The first-order chi connectivity index (χ1) is 11.2. The van der Waals surface area contributed by atoms with E-state index in [9.17, 15) is 4.79 Å². The highest BCUT2D eigenvalue weighted by Crippen LogP contribution is 2.61. The van der Waals surface area contributed by atoms with Crippen LogP contribution in [0, 0.1) is 17.8 Å². The Labute approximate surface area is 132 Å². The number of hydrogen-bond donors (Lipinski definition) is 3. The van der Waals surface area contributed by atoms with Crippen molar-refractivity contribution in [2.75, 3.05) is 0 Å². The highest BCUT2D eigenvalue weighted by molar-refractivity contribution is 6.02. The minimum atomic E-state index is -0.124. The lowest BCUT2D eigenvalue weighted by Gasteiger charge is -2.56. The molecule has 0 amide bonds. The Morgan fingerprint density at radius 3 is 2.35 bits per heavy atom. The molecule has 5 nitrogen and oxygen atoms in total. The summed E-state index contributed by atoms with van der Waals surface area (Å²) in [4.78, 5) is 26.3. The van der Waals surface area contributed by atoms with Crippen LogP contribution in [0.25, 0.3) is 22.1 Å². The van der Waals surface area contributed by atoms with Crippen LogP contribution in [0.15, 0.2) is 17.1 Å². The van der Waals surface area contributed by atoms with E-state index in [-0.39, 0.29) is 11.1 Å². The molecule has 4 saturated carbocycles. The molecule has 7 rings (SSSR count). The number of hydrogen-bond acceptors (Lipinski definition) is 2. The van der Waals surface area contributed by atoms with Gasteiger partial charge < -0.3 is 15.0 Å².